The molecule has 0 spiro atoms. The van der Waals surface area contributed by atoms with Crippen LogP contribution >= 0.6 is 0 Å². The molecule has 0 aliphatic carbocycles. The van der Waals surface area contributed by atoms with E-state index in [0.717, 1.165) is 5.56 Å². The van der Waals surface area contributed by atoms with Gasteiger partial charge >= 0.3 is 5.97 Å². The average Bonchev–Trinajstić information content (AvgIpc) is 2.28. The third kappa shape index (κ3) is 3.88. The van der Waals surface area contributed by atoms with E-state index in [1.165, 1.54) is 7.11 Å². The number of carbonyl (C=O) groups is 1. The number of carboxylic acids is 1. The van der Waals surface area contributed by atoms with Crippen molar-refractivity contribution in [2.24, 2.45) is 5.73 Å². The second kappa shape index (κ2) is 6.09. The number of carboxylic acid groups (broad SMARTS) is 1. The molecule has 5 nitrogen and oxygen atoms in total. The summed E-state index contributed by atoms with van der Waals surface area (Å²) < 4.78 is 0. The normalized spacial score (nSPS) is 12.1. The first-order chi connectivity index (χ1) is 7.63. The summed E-state index contributed by atoms with van der Waals surface area (Å²) in [6, 6.07) is 6.40. The zero-order valence-corrected chi connectivity index (χ0v) is 9.05. The van der Waals surface area contributed by atoms with Gasteiger partial charge in [-0.25, -0.2) is 0 Å². The molecule has 1 aromatic carbocycles. The summed E-state index contributed by atoms with van der Waals surface area (Å²) in [5.74, 6) is -0.367. The maximum atomic E-state index is 10.5. The van der Waals surface area contributed by atoms with Crippen molar-refractivity contribution in [1.29, 1.82) is 0 Å². The Balaban J connectivity index is 2.46. The number of aryl methyl sites for hydroxylation is 1. The van der Waals surface area contributed by atoms with Crippen LogP contribution in [0, 0.1) is 0 Å². The molecule has 0 amide bonds. The molecule has 0 unspecified atom stereocenters. The van der Waals surface area contributed by atoms with Gasteiger partial charge in [0, 0.05) is 0 Å². The molecule has 0 aromatic heterocycles. The van der Waals surface area contributed by atoms with Crippen molar-refractivity contribution in [3.63, 3.8) is 0 Å². The van der Waals surface area contributed by atoms with Crippen molar-refractivity contribution in [3.05, 3.63) is 29.8 Å². The van der Waals surface area contributed by atoms with E-state index in [4.69, 9.17) is 15.7 Å². The molecule has 0 heterocycles. The van der Waals surface area contributed by atoms with E-state index in [9.17, 15) is 4.79 Å². The fourth-order valence-electron chi connectivity index (χ4n) is 1.25. The van der Waals surface area contributed by atoms with Gasteiger partial charge in [0.1, 0.15) is 6.04 Å². The molecule has 0 saturated heterocycles. The zero-order chi connectivity index (χ0) is 12.0. The van der Waals surface area contributed by atoms with E-state index in [0.29, 0.717) is 18.6 Å². The minimum absolute atomic E-state index is 0.416. The molecule has 3 N–H and O–H groups in total. The van der Waals surface area contributed by atoms with Crippen LogP contribution in [0.3, 0.4) is 0 Å². The van der Waals surface area contributed by atoms with Gasteiger partial charge in [0.15, 0.2) is 5.75 Å². The smallest absolute Gasteiger partial charge is 0.320 e. The maximum absolute atomic E-state index is 10.5. The van der Waals surface area contributed by atoms with Crippen LogP contribution in [0.15, 0.2) is 24.3 Å². The Labute approximate surface area is 93.7 Å². The highest BCUT2D eigenvalue weighted by Gasteiger charge is 2.10. The Hall–Kier alpha value is -1.59. The summed E-state index contributed by atoms with van der Waals surface area (Å²) in [4.78, 5) is 19.8. The third-order valence-electron chi connectivity index (χ3n) is 2.16. The molecule has 16 heavy (non-hydrogen) atoms. The minimum atomic E-state index is -0.973. The van der Waals surface area contributed by atoms with Gasteiger partial charge in [0.25, 0.3) is 0 Å². The highest BCUT2D eigenvalue weighted by molar-refractivity contribution is 5.73. The van der Waals surface area contributed by atoms with Gasteiger partial charge in [-0.1, -0.05) is 12.1 Å². The zero-order valence-electron chi connectivity index (χ0n) is 9.05. The van der Waals surface area contributed by atoms with Crippen molar-refractivity contribution in [2.75, 3.05) is 7.11 Å². The van der Waals surface area contributed by atoms with Gasteiger partial charge < -0.3 is 15.7 Å². The van der Waals surface area contributed by atoms with Crippen LogP contribution in [-0.4, -0.2) is 24.2 Å². The summed E-state index contributed by atoms with van der Waals surface area (Å²) in [7, 11) is 1.43. The van der Waals surface area contributed by atoms with Gasteiger partial charge in [-0.2, -0.15) is 4.89 Å². The molecule has 0 bridgehead atoms. The molecule has 1 aromatic rings. The molecule has 0 aliphatic rings. The third-order valence-corrected chi connectivity index (χ3v) is 2.16. The minimum Gasteiger partial charge on any atom is -0.480 e. The molecule has 0 saturated carbocycles. The number of nitrogens with two attached hydrogens (primary N) is 1. The predicted molar refractivity (Wildman–Crippen MR) is 58.0 cm³/mol. The Bertz CT molecular complexity index is 336. The molecule has 0 fully saturated rings. The molecule has 1 rings (SSSR count). The Morgan fingerprint density at radius 1 is 1.44 bits per heavy atom. The lowest BCUT2D eigenvalue weighted by Crippen LogP contribution is -2.30. The summed E-state index contributed by atoms with van der Waals surface area (Å²) in [6.07, 6.45) is 1.04. The van der Waals surface area contributed by atoms with Crippen LogP contribution in [0.1, 0.15) is 12.0 Å². The van der Waals surface area contributed by atoms with E-state index in [1.54, 1.807) is 12.1 Å². The van der Waals surface area contributed by atoms with Crippen molar-refractivity contribution in [1.82, 2.24) is 0 Å². The SMILES string of the molecule is COOc1ccc(CC[C@H](N)C(=O)O)cc1. The van der Waals surface area contributed by atoms with Crippen LogP contribution in [0.5, 0.6) is 5.75 Å². The predicted octanol–water partition coefficient (Wildman–Crippen LogP) is 0.971. The quantitative estimate of drug-likeness (QED) is 0.557. The van der Waals surface area contributed by atoms with Gasteiger partial charge in [-0.15, -0.1) is 0 Å². The van der Waals surface area contributed by atoms with Crippen LogP contribution < -0.4 is 10.6 Å². The van der Waals surface area contributed by atoms with Crippen LogP contribution in [0.2, 0.25) is 0 Å². The first-order valence-electron chi connectivity index (χ1n) is 4.91. The lowest BCUT2D eigenvalue weighted by Gasteiger charge is -2.06. The van der Waals surface area contributed by atoms with E-state index in [2.05, 4.69) is 4.89 Å². The number of hydrogen-bond donors (Lipinski definition) is 2. The number of hydrogen-bond acceptors (Lipinski definition) is 4. The molecule has 88 valence electrons. The van der Waals surface area contributed by atoms with Crippen LogP contribution in [0.25, 0.3) is 0 Å². The molecule has 1 atom stereocenters. The summed E-state index contributed by atoms with van der Waals surface area (Å²) in [5.41, 5.74) is 6.41. The first-order valence-corrected chi connectivity index (χ1v) is 4.91. The summed E-state index contributed by atoms with van der Waals surface area (Å²) in [5, 5.41) is 8.61. The Kier molecular flexibility index (Phi) is 4.75. The standard InChI is InChI=1S/C11H15NO4/c1-15-16-9-5-2-8(3-6-9)4-7-10(12)11(13)14/h2-3,5-6,10H,4,7,12H2,1H3,(H,13,14)/t10-/m0/s1. The molecule has 5 heteroatoms. The fourth-order valence-corrected chi connectivity index (χ4v) is 1.25. The first kappa shape index (κ1) is 12.5. The van der Waals surface area contributed by atoms with Crippen LogP contribution in [-0.2, 0) is 16.1 Å². The molecule has 0 aliphatic heterocycles. The van der Waals surface area contributed by atoms with E-state index >= 15 is 0 Å². The van der Waals surface area contributed by atoms with Crippen LogP contribution in [0.4, 0.5) is 0 Å². The van der Waals surface area contributed by atoms with Crippen molar-refractivity contribution in [2.45, 2.75) is 18.9 Å². The maximum Gasteiger partial charge on any atom is 0.320 e. The van der Waals surface area contributed by atoms with E-state index in [1.807, 2.05) is 12.1 Å². The summed E-state index contributed by atoms with van der Waals surface area (Å²) >= 11 is 0. The second-order valence-corrected chi connectivity index (χ2v) is 3.38. The average molecular weight is 225 g/mol. The van der Waals surface area contributed by atoms with Gasteiger partial charge in [0.2, 0.25) is 0 Å². The number of aliphatic carboxylic acids is 1. The van der Waals surface area contributed by atoms with Crippen molar-refractivity contribution < 1.29 is 19.7 Å². The lowest BCUT2D eigenvalue weighted by molar-refractivity contribution is -0.178. The lowest BCUT2D eigenvalue weighted by atomic mass is 10.1. The highest BCUT2D eigenvalue weighted by atomic mass is 17.2. The number of benzene rings is 1. The molecular weight excluding hydrogens is 210 g/mol. The Morgan fingerprint density at radius 3 is 2.56 bits per heavy atom. The Morgan fingerprint density at radius 2 is 2.06 bits per heavy atom. The summed E-state index contributed by atoms with van der Waals surface area (Å²) in [6.45, 7) is 0. The fraction of sp³-hybridized carbons (Fsp3) is 0.364. The molecule has 0 radical (unpaired) electrons. The van der Waals surface area contributed by atoms with Gasteiger partial charge in [0.05, 0.1) is 7.11 Å². The van der Waals surface area contributed by atoms with E-state index in [-0.39, 0.29) is 0 Å². The number of rotatable bonds is 6. The van der Waals surface area contributed by atoms with Gasteiger partial charge in [-0.05, 0) is 30.5 Å². The van der Waals surface area contributed by atoms with Gasteiger partial charge in [-0.3, -0.25) is 4.79 Å². The second-order valence-electron chi connectivity index (χ2n) is 3.38. The van der Waals surface area contributed by atoms with Crippen molar-refractivity contribution in [3.8, 4) is 5.75 Å². The largest absolute Gasteiger partial charge is 0.480 e. The van der Waals surface area contributed by atoms with E-state index < -0.39 is 12.0 Å². The monoisotopic (exact) mass is 225 g/mol. The van der Waals surface area contributed by atoms with Crippen molar-refractivity contribution >= 4 is 5.97 Å². The molecular formula is C11H15NO4. The topological polar surface area (TPSA) is 81.8 Å². The highest BCUT2D eigenvalue weighted by Crippen LogP contribution is 2.13.